The molecule has 0 aliphatic carbocycles. The summed E-state index contributed by atoms with van der Waals surface area (Å²) in [6.45, 7) is 5.38. The molecule has 30 heavy (non-hydrogen) atoms. The number of fused-ring (bicyclic) bond motifs is 1. The lowest BCUT2D eigenvalue weighted by Crippen LogP contribution is -2.69. The molecule has 8 nitrogen and oxygen atoms in total. The molecule has 162 valence electrons. The number of likely N-dealkylation sites (N-methyl/N-ethyl adjacent to an activating group) is 1. The highest BCUT2D eigenvalue weighted by molar-refractivity contribution is 7.93. The zero-order valence-corrected chi connectivity index (χ0v) is 18.4. The van der Waals surface area contributed by atoms with Crippen molar-refractivity contribution < 1.29 is 13.2 Å². The normalized spacial score (nSPS) is 26.3. The Labute approximate surface area is 177 Å². The fourth-order valence-corrected chi connectivity index (χ4v) is 7.74. The van der Waals surface area contributed by atoms with E-state index in [1.165, 1.54) is 0 Å². The minimum atomic E-state index is -3.20. The molecule has 1 aromatic carbocycles. The summed E-state index contributed by atoms with van der Waals surface area (Å²) in [5.41, 5.74) is 1.31. The summed E-state index contributed by atoms with van der Waals surface area (Å²) in [5.74, 6) is 0.160. The van der Waals surface area contributed by atoms with Crippen LogP contribution < -0.4 is 0 Å². The second-order valence-corrected chi connectivity index (χ2v) is 11.6. The van der Waals surface area contributed by atoms with E-state index in [2.05, 4.69) is 21.9 Å². The topological polar surface area (TPSA) is 78.8 Å². The summed E-state index contributed by atoms with van der Waals surface area (Å²) in [5, 5.41) is 5.24. The Morgan fingerprint density at radius 3 is 2.57 bits per heavy atom. The minimum Gasteiger partial charge on any atom is -0.334 e. The number of hydrogen-bond acceptors (Lipinski definition) is 6. The molecule has 1 unspecified atom stereocenters. The molecule has 1 aromatic heterocycles. The standard InChI is InChI=1S/C21H29N5O3S/c1-23-8-10-25(11-9-23)13-16-7-12-30(28,29)21(16)14-26(15-21)20(27)19-17-5-3-4-6-18(17)24(2)22-19/h3-6,16H,7-15H2,1-2H3. The first-order chi connectivity index (χ1) is 14.3. The van der Waals surface area contributed by atoms with E-state index in [-0.39, 0.29) is 30.7 Å². The van der Waals surface area contributed by atoms with E-state index < -0.39 is 14.6 Å². The number of para-hydroxylation sites is 1. The summed E-state index contributed by atoms with van der Waals surface area (Å²) < 4.78 is 26.9. The van der Waals surface area contributed by atoms with Crippen molar-refractivity contribution in [2.24, 2.45) is 13.0 Å². The molecule has 3 saturated heterocycles. The molecule has 4 heterocycles. The number of likely N-dealkylation sites (tertiary alicyclic amines) is 1. The first-order valence-electron chi connectivity index (χ1n) is 10.6. The zero-order chi connectivity index (χ0) is 21.1. The predicted octanol–water partition coefficient (Wildman–Crippen LogP) is 0.450. The lowest BCUT2D eigenvalue weighted by molar-refractivity contribution is 0.0387. The Balaban J connectivity index is 1.35. The van der Waals surface area contributed by atoms with Gasteiger partial charge in [-0.2, -0.15) is 5.10 Å². The largest absolute Gasteiger partial charge is 0.334 e. The first-order valence-corrected chi connectivity index (χ1v) is 12.3. The fourth-order valence-electron chi connectivity index (χ4n) is 5.34. The Hall–Kier alpha value is -1.97. The smallest absolute Gasteiger partial charge is 0.275 e. The van der Waals surface area contributed by atoms with Gasteiger partial charge in [0.1, 0.15) is 4.75 Å². The van der Waals surface area contributed by atoms with E-state index in [0.29, 0.717) is 12.1 Å². The van der Waals surface area contributed by atoms with Gasteiger partial charge in [-0.05, 0) is 25.5 Å². The van der Waals surface area contributed by atoms with E-state index in [4.69, 9.17) is 0 Å². The molecule has 5 rings (SSSR count). The third-order valence-electron chi connectivity index (χ3n) is 7.34. The van der Waals surface area contributed by atoms with Gasteiger partial charge in [-0.3, -0.25) is 9.48 Å². The van der Waals surface area contributed by atoms with Gasteiger partial charge < -0.3 is 14.7 Å². The number of carbonyl (C=O) groups excluding carboxylic acids is 1. The van der Waals surface area contributed by atoms with Crippen LogP contribution in [0.15, 0.2) is 24.3 Å². The van der Waals surface area contributed by atoms with Crippen molar-refractivity contribution in [3.8, 4) is 0 Å². The van der Waals surface area contributed by atoms with Crippen LogP contribution in [-0.4, -0.2) is 102 Å². The fraction of sp³-hybridized carbons (Fsp3) is 0.619. The van der Waals surface area contributed by atoms with Crippen molar-refractivity contribution in [1.29, 1.82) is 0 Å². The zero-order valence-electron chi connectivity index (χ0n) is 17.6. The summed E-state index contributed by atoms with van der Waals surface area (Å²) in [6.07, 6.45) is 0.698. The highest BCUT2D eigenvalue weighted by atomic mass is 32.2. The Morgan fingerprint density at radius 1 is 1.13 bits per heavy atom. The van der Waals surface area contributed by atoms with Crippen molar-refractivity contribution in [1.82, 2.24) is 24.5 Å². The van der Waals surface area contributed by atoms with Crippen molar-refractivity contribution in [2.75, 3.05) is 58.6 Å². The highest BCUT2D eigenvalue weighted by Gasteiger charge is 2.62. The maximum absolute atomic E-state index is 13.2. The molecule has 3 aliphatic heterocycles. The van der Waals surface area contributed by atoms with Crippen LogP contribution in [0.4, 0.5) is 0 Å². The second-order valence-electron chi connectivity index (χ2n) is 9.12. The number of benzene rings is 1. The number of amides is 1. The molecule has 2 aromatic rings. The third-order valence-corrected chi connectivity index (χ3v) is 9.94. The summed E-state index contributed by atoms with van der Waals surface area (Å²) >= 11 is 0. The van der Waals surface area contributed by atoms with Crippen LogP contribution in [0, 0.1) is 5.92 Å². The molecular formula is C21H29N5O3S. The van der Waals surface area contributed by atoms with E-state index in [9.17, 15) is 13.2 Å². The Morgan fingerprint density at radius 2 is 1.83 bits per heavy atom. The first kappa shape index (κ1) is 20.0. The molecule has 0 radical (unpaired) electrons. The summed E-state index contributed by atoms with van der Waals surface area (Å²) in [7, 11) is 0.741. The molecule has 1 amide bonds. The number of aryl methyl sites for hydroxylation is 1. The van der Waals surface area contributed by atoms with Gasteiger partial charge in [-0.25, -0.2) is 8.42 Å². The number of aromatic nitrogens is 2. The number of rotatable bonds is 3. The molecule has 3 aliphatic rings. The molecule has 0 saturated carbocycles. The van der Waals surface area contributed by atoms with Crippen LogP contribution in [-0.2, 0) is 16.9 Å². The van der Waals surface area contributed by atoms with E-state index in [0.717, 1.165) is 43.6 Å². The average Bonchev–Trinajstić information content (AvgIpc) is 3.16. The van der Waals surface area contributed by atoms with Crippen LogP contribution >= 0.6 is 0 Å². The maximum atomic E-state index is 13.2. The van der Waals surface area contributed by atoms with Crippen molar-refractivity contribution >= 4 is 26.6 Å². The van der Waals surface area contributed by atoms with Gasteiger partial charge in [0.15, 0.2) is 15.5 Å². The lowest BCUT2D eigenvalue weighted by atomic mass is 9.82. The number of nitrogens with zero attached hydrogens (tertiary/aromatic N) is 5. The maximum Gasteiger partial charge on any atom is 0.275 e. The second kappa shape index (κ2) is 7.03. The monoisotopic (exact) mass is 431 g/mol. The summed E-state index contributed by atoms with van der Waals surface area (Å²) in [6, 6.07) is 7.65. The average molecular weight is 432 g/mol. The van der Waals surface area contributed by atoms with Gasteiger partial charge in [0.05, 0.1) is 11.3 Å². The molecule has 9 heteroatoms. The molecule has 3 fully saturated rings. The SMILES string of the molecule is CN1CCN(CC2CCS(=O)(=O)C23CN(C(=O)c2nn(C)c4ccccc24)C3)CC1. The minimum absolute atomic E-state index is 0.0930. The van der Waals surface area contributed by atoms with Crippen molar-refractivity contribution in [2.45, 2.75) is 11.2 Å². The van der Waals surface area contributed by atoms with Gasteiger partial charge in [0.2, 0.25) is 0 Å². The number of carbonyl (C=O) groups is 1. The predicted molar refractivity (Wildman–Crippen MR) is 115 cm³/mol. The van der Waals surface area contributed by atoms with E-state index in [1.54, 1.807) is 9.58 Å². The number of piperazine rings is 1. The molecular weight excluding hydrogens is 402 g/mol. The van der Waals surface area contributed by atoms with Crippen LogP contribution in [0.5, 0.6) is 0 Å². The molecule has 0 N–H and O–H groups in total. The van der Waals surface area contributed by atoms with E-state index >= 15 is 0 Å². The van der Waals surface area contributed by atoms with E-state index in [1.807, 2.05) is 31.3 Å². The quantitative estimate of drug-likeness (QED) is 0.702. The van der Waals surface area contributed by atoms with Crippen LogP contribution in [0.25, 0.3) is 10.9 Å². The van der Waals surface area contributed by atoms with Gasteiger partial charge >= 0.3 is 0 Å². The summed E-state index contributed by atoms with van der Waals surface area (Å²) in [4.78, 5) is 19.5. The lowest BCUT2D eigenvalue weighted by Gasteiger charge is -2.50. The third kappa shape index (κ3) is 2.98. The molecule has 1 atom stereocenters. The number of sulfone groups is 1. The highest BCUT2D eigenvalue weighted by Crippen LogP contribution is 2.45. The Bertz CT molecular complexity index is 1080. The van der Waals surface area contributed by atoms with Gasteiger partial charge in [0, 0.05) is 58.2 Å². The molecule has 1 spiro atoms. The molecule has 0 bridgehead atoms. The van der Waals surface area contributed by atoms with Crippen LogP contribution in [0.2, 0.25) is 0 Å². The van der Waals surface area contributed by atoms with Gasteiger partial charge in [-0.1, -0.05) is 18.2 Å². The number of hydrogen-bond donors (Lipinski definition) is 0. The van der Waals surface area contributed by atoms with Gasteiger partial charge in [-0.15, -0.1) is 0 Å². The van der Waals surface area contributed by atoms with Crippen molar-refractivity contribution in [3.63, 3.8) is 0 Å². The van der Waals surface area contributed by atoms with Crippen LogP contribution in [0.1, 0.15) is 16.9 Å². The van der Waals surface area contributed by atoms with Crippen LogP contribution in [0.3, 0.4) is 0 Å². The van der Waals surface area contributed by atoms with Gasteiger partial charge in [0.25, 0.3) is 5.91 Å². The Kier molecular flexibility index (Phi) is 4.68. The van der Waals surface area contributed by atoms with Crippen molar-refractivity contribution in [3.05, 3.63) is 30.0 Å².